The third-order valence-electron chi connectivity index (χ3n) is 2.12. The fourth-order valence-electron chi connectivity index (χ4n) is 1.45. The number of nitrogen functional groups attached to an aromatic ring is 1. The summed E-state index contributed by atoms with van der Waals surface area (Å²) in [6.45, 7) is 3.66. The third kappa shape index (κ3) is 2.31. The highest BCUT2D eigenvalue weighted by atomic mass is 16.1. The monoisotopic (exact) mass is 177 g/mol. The first-order valence-corrected chi connectivity index (χ1v) is 4.50. The molecule has 0 fully saturated rings. The van der Waals surface area contributed by atoms with E-state index < -0.39 is 0 Å². The van der Waals surface area contributed by atoms with Gasteiger partial charge in [-0.1, -0.05) is 19.1 Å². The van der Waals surface area contributed by atoms with E-state index >= 15 is 0 Å². The minimum atomic E-state index is 0.160. The van der Waals surface area contributed by atoms with Crippen molar-refractivity contribution in [2.45, 2.75) is 26.7 Å². The van der Waals surface area contributed by atoms with Gasteiger partial charge in [-0.05, 0) is 30.5 Å². The Bertz CT molecular complexity index is 318. The molecule has 0 aromatic heterocycles. The predicted molar refractivity (Wildman–Crippen MR) is 54.6 cm³/mol. The van der Waals surface area contributed by atoms with E-state index in [2.05, 4.69) is 6.92 Å². The van der Waals surface area contributed by atoms with Crippen LogP contribution in [0.1, 0.15) is 25.0 Å². The molecule has 0 heterocycles. The van der Waals surface area contributed by atoms with E-state index in [1.165, 1.54) is 5.56 Å². The number of ketones is 1. The van der Waals surface area contributed by atoms with Crippen LogP contribution in [0.25, 0.3) is 0 Å². The van der Waals surface area contributed by atoms with Gasteiger partial charge < -0.3 is 5.73 Å². The Kier molecular flexibility index (Phi) is 3.07. The van der Waals surface area contributed by atoms with Crippen LogP contribution in [-0.4, -0.2) is 5.78 Å². The van der Waals surface area contributed by atoms with E-state index in [0.717, 1.165) is 17.7 Å². The maximum absolute atomic E-state index is 11.0. The number of hydrogen-bond donors (Lipinski definition) is 1. The second kappa shape index (κ2) is 4.08. The van der Waals surface area contributed by atoms with Gasteiger partial charge in [-0.25, -0.2) is 0 Å². The number of carbonyl (C=O) groups is 1. The van der Waals surface area contributed by atoms with Crippen LogP contribution in [0, 0.1) is 0 Å². The molecule has 0 atom stereocenters. The van der Waals surface area contributed by atoms with Crippen LogP contribution in [0.5, 0.6) is 0 Å². The molecule has 1 rings (SSSR count). The van der Waals surface area contributed by atoms with Crippen LogP contribution >= 0.6 is 0 Å². The van der Waals surface area contributed by atoms with Crippen LogP contribution < -0.4 is 5.73 Å². The van der Waals surface area contributed by atoms with Crippen molar-refractivity contribution in [3.05, 3.63) is 29.3 Å². The summed E-state index contributed by atoms with van der Waals surface area (Å²) in [5.41, 5.74) is 8.70. The van der Waals surface area contributed by atoms with E-state index in [1.807, 2.05) is 18.2 Å². The molecule has 1 aromatic rings. The summed E-state index contributed by atoms with van der Waals surface area (Å²) in [6.07, 6.45) is 1.38. The Hall–Kier alpha value is -1.31. The summed E-state index contributed by atoms with van der Waals surface area (Å²) in [7, 11) is 0. The van der Waals surface area contributed by atoms with Gasteiger partial charge in [-0.2, -0.15) is 0 Å². The topological polar surface area (TPSA) is 43.1 Å². The van der Waals surface area contributed by atoms with Gasteiger partial charge in [0.15, 0.2) is 0 Å². The van der Waals surface area contributed by atoms with Gasteiger partial charge >= 0.3 is 0 Å². The second-order valence-corrected chi connectivity index (χ2v) is 3.22. The molecule has 0 bridgehead atoms. The van der Waals surface area contributed by atoms with Crippen molar-refractivity contribution in [2.24, 2.45) is 0 Å². The lowest BCUT2D eigenvalue weighted by atomic mass is 9.99. The quantitative estimate of drug-likeness (QED) is 0.717. The Morgan fingerprint density at radius 2 is 2.15 bits per heavy atom. The minimum absolute atomic E-state index is 0.160. The lowest BCUT2D eigenvalue weighted by molar-refractivity contribution is -0.116. The van der Waals surface area contributed by atoms with Crippen molar-refractivity contribution in [3.8, 4) is 0 Å². The lowest BCUT2D eigenvalue weighted by Crippen LogP contribution is -2.04. The molecular weight excluding hydrogens is 162 g/mol. The fraction of sp³-hybridized carbons (Fsp3) is 0.364. The van der Waals surface area contributed by atoms with Crippen LogP contribution in [0.15, 0.2) is 18.2 Å². The first-order chi connectivity index (χ1) is 6.15. The molecule has 0 saturated heterocycles. The summed E-state index contributed by atoms with van der Waals surface area (Å²) in [5.74, 6) is 0.160. The average Bonchev–Trinajstić information content (AvgIpc) is 2.08. The summed E-state index contributed by atoms with van der Waals surface area (Å²) < 4.78 is 0. The first-order valence-electron chi connectivity index (χ1n) is 4.50. The summed E-state index contributed by atoms with van der Waals surface area (Å²) >= 11 is 0. The molecule has 0 saturated carbocycles. The van der Waals surface area contributed by atoms with E-state index in [-0.39, 0.29) is 5.78 Å². The van der Waals surface area contributed by atoms with Gasteiger partial charge in [0.2, 0.25) is 0 Å². The molecule has 13 heavy (non-hydrogen) atoms. The molecule has 0 aliphatic rings. The molecule has 2 N–H and O–H groups in total. The number of anilines is 1. The smallest absolute Gasteiger partial charge is 0.134 e. The van der Waals surface area contributed by atoms with Gasteiger partial charge in [-0.15, -0.1) is 0 Å². The number of benzene rings is 1. The van der Waals surface area contributed by atoms with Gasteiger partial charge in [0.1, 0.15) is 5.78 Å². The average molecular weight is 177 g/mol. The van der Waals surface area contributed by atoms with Crippen LogP contribution in [0.3, 0.4) is 0 Å². The number of hydrogen-bond acceptors (Lipinski definition) is 2. The largest absolute Gasteiger partial charge is 0.398 e. The number of Topliss-reactive ketones (excluding diaryl/α,β-unsaturated/α-hetero) is 1. The van der Waals surface area contributed by atoms with Crippen molar-refractivity contribution in [1.82, 2.24) is 0 Å². The molecule has 0 spiro atoms. The third-order valence-corrected chi connectivity index (χ3v) is 2.12. The SMILES string of the molecule is CCc1cccc(N)c1CC(C)=O. The molecular formula is C11H15NO. The maximum atomic E-state index is 11.0. The molecule has 0 aliphatic heterocycles. The van der Waals surface area contributed by atoms with E-state index in [9.17, 15) is 4.79 Å². The lowest BCUT2D eigenvalue weighted by Gasteiger charge is -2.08. The van der Waals surface area contributed by atoms with E-state index in [4.69, 9.17) is 5.73 Å². The minimum Gasteiger partial charge on any atom is -0.398 e. The van der Waals surface area contributed by atoms with Crippen LogP contribution in [-0.2, 0) is 17.6 Å². The molecule has 0 aliphatic carbocycles. The first kappa shape index (κ1) is 9.78. The Labute approximate surface area is 78.8 Å². The Morgan fingerprint density at radius 3 is 2.69 bits per heavy atom. The van der Waals surface area contributed by atoms with Crippen molar-refractivity contribution < 1.29 is 4.79 Å². The standard InChI is InChI=1S/C11H15NO/c1-3-9-5-4-6-11(12)10(9)7-8(2)13/h4-6H,3,7,12H2,1-2H3. The van der Waals surface area contributed by atoms with Crippen LogP contribution in [0.4, 0.5) is 5.69 Å². The Morgan fingerprint density at radius 1 is 1.46 bits per heavy atom. The Balaban J connectivity index is 3.07. The van der Waals surface area contributed by atoms with E-state index in [0.29, 0.717) is 6.42 Å². The van der Waals surface area contributed by atoms with Crippen molar-refractivity contribution >= 4 is 11.5 Å². The number of aryl methyl sites for hydroxylation is 1. The zero-order valence-corrected chi connectivity index (χ0v) is 8.13. The zero-order valence-electron chi connectivity index (χ0n) is 8.13. The highest BCUT2D eigenvalue weighted by Gasteiger charge is 2.06. The molecule has 0 amide bonds. The summed E-state index contributed by atoms with van der Waals surface area (Å²) in [4.78, 5) is 11.0. The number of carbonyl (C=O) groups excluding carboxylic acids is 1. The molecule has 2 nitrogen and oxygen atoms in total. The molecule has 0 radical (unpaired) electrons. The van der Waals surface area contributed by atoms with Crippen molar-refractivity contribution in [3.63, 3.8) is 0 Å². The van der Waals surface area contributed by atoms with Crippen molar-refractivity contribution in [2.75, 3.05) is 5.73 Å². The number of rotatable bonds is 3. The molecule has 0 unspecified atom stereocenters. The fourth-order valence-corrected chi connectivity index (χ4v) is 1.45. The van der Waals surface area contributed by atoms with Gasteiger partial charge in [-0.3, -0.25) is 4.79 Å². The highest BCUT2D eigenvalue weighted by Crippen LogP contribution is 2.18. The summed E-state index contributed by atoms with van der Waals surface area (Å²) in [5, 5.41) is 0. The number of nitrogens with two attached hydrogens (primary N) is 1. The van der Waals surface area contributed by atoms with Gasteiger partial charge in [0.05, 0.1) is 0 Å². The van der Waals surface area contributed by atoms with Gasteiger partial charge in [0, 0.05) is 12.1 Å². The second-order valence-electron chi connectivity index (χ2n) is 3.22. The molecule has 2 heteroatoms. The maximum Gasteiger partial charge on any atom is 0.134 e. The molecule has 1 aromatic carbocycles. The normalized spacial score (nSPS) is 10.0. The zero-order chi connectivity index (χ0) is 9.84. The highest BCUT2D eigenvalue weighted by molar-refractivity contribution is 5.80. The van der Waals surface area contributed by atoms with Crippen LogP contribution in [0.2, 0.25) is 0 Å². The predicted octanol–water partition coefficient (Wildman–Crippen LogP) is 1.96. The van der Waals surface area contributed by atoms with Gasteiger partial charge in [0.25, 0.3) is 0 Å². The van der Waals surface area contributed by atoms with E-state index in [1.54, 1.807) is 6.92 Å². The summed E-state index contributed by atoms with van der Waals surface area (Å²) in [6, 6.07) is 5.80. The molecule has 70 valence electrons. The van der Waals surface area contributed by atoms with Crippen molar-refractivity contribution in [1.29, 1.82) is 0 Å².